The molecule has 1 heterocycles. The molecule has 0 aliphatic rings. The van der Waals surface area contributed by atoms with E-state index in [1.165, 1.54) is 0 Å². The van der Waals surface area contributed by atoms with Crippen molar-refractivity contribution in [3.8, 4) is 0 Å². The number of carboxylic acid groups (broad SMARTS) is 1. The Kier molecular flexibility index (Phi) is 2.37. The molecular formula is C6H7NO5S. The maximum atomic E-state index is 10.8. The molecule has 0 fully saturated rings. The first kappa shape index (κ1) is 9.72. The zero-order valence-electron chi connectivity index (χ0n) is 6.72. The average molecular weight is 205 g/mol. The van der Waals surface area contributed by atoms with E-state index in [1.807, 2.05) is 0 Å². The van der Waals surface area contributed by atoms with Crippen LogP contribution in [0.1, 0.15) is 16.2 Å². The summed E-state index contributed by atoms with van der Waals surface area (Å²) < 4.78 is 25.9. The lowest BCUT2D eigenvalue weighted by Crippen LogP contribution is -2.00. The third kappa shape index (κ3) is 2.86. The van der Waals surface area contributed by atoms with E-state index in [0.717, 1.165) is 12.3 Å². The van der Waals surface area contributed by atoms with Gasteiger partial charge in [-0.2, -0.15) is 0 Å². The number of rotatable bonds is 3. The van der Waals surface area contributed by atoms with Gasteiger partial charge >= 0.3 is 5.97 Å². The molecule has 0 bridgehead atoms. The summed E-state index contributed by atoms with van der Waals surface area (Å²) >= 11 is 0. The molecule has 0 amide bonds. The normalized spacial score (nSPS) is 11.5. The van der Waals surface area contributed by atoms with Crippen LogP contribution >= 0.6 is 0 Å². The smallest absolute Gasteiger partial charge is 0.374 e. The molecule has 13 heavy (non-hydrogen) atoms. The van der Waals surface area contributed by atoms with Crippen LogP contribution in [0.4, 0.5) is 0 Å². The van der Waals surface area contributed by atoms with Crippen molar-refractivity contribution >= 4 is 15.8 Å². The molecular weight excluding hydrogens is 198 g/mol. The van der Waals surface area contributed by atoms with E-state index in [0.29, 0.717) is 0 Å². The summed E-state index contributed by atoms with van der Waals surface area (Å²) in [6.07, 6.45) is 1.03. The number of carbonyl (C=O) groups is 1. The number of hydrogen-bond donors (Lipinski definition) is 1. The average Bonchev–Trinajstić information content (AvgIpc) is 2.31. The number of aromatic nitrogens is 1. The van der Waals surface area contributed by atoms with Gasteiger partial charge in [-0.25, -0.2) is 13.2 Å². The Labute approximate surface area is 74.1 Å². The van der Waals surface area contributed by atoms with Crippen LogP contribution in [-0.2, 0) is 15.6 Å². The van der Waals surface area contributed by atoms with Gasteiger partial charge in [0.05, 0.1) is 11.4 Å². The number of sulfone groups is 1. The summed E-state index contributed by atoms with van der Waals surface area (Å²) in [5.41, 5.74) is 0.0971. The lowest BCUT2D eigenvalue weighted by molar-refractivity contribution is 0.0652. The highest BCUT2D eigenvalue weighted by atomic mass is 32.2. The van der Waals surface area contributed by atoms with Gasteiger partial charge in [0.1, 0.15) is 0 Å². The number of carboxylic acids is 1. The quantitative estimate of drug-likeness (QED) is 0.741. The zero-order valence-corrected chi connectivity index (χ0v) is 7.54. The summed E-state index contributed by atoms with van der Waals surface area (Å²) in [6, 6.07) is 1.09. The summed E-state index contributed by atoms with van der Waals surface area (Å²) in [7, 11) is -3.20. The Hall–Kier alpha value is -1.37. The van der Waals surface area contributed by atoms with Gasteiger partial charge in [0.2, 0.25) is 5.76 Å². The van der Waals surface area contributed by atoms with Crippen molar-refractivity contribution in [3.63, 3.8) is 0 Å². The second-order valence-electron chi connectivity index (χ2n) is 2.56. The molecule has 72 valence electrons. The Bertz CT molecular complexity index is 418. The highest BCUT2D eigenvalue weighted by Gasteiger charge is 2.14. The van der Waals surface area contributed by atoms with Gasteiger partial charge in [-0.05, 0) is 0 Å². The Morgan fingerprint density at radius 1 is 1.69 bits per heavy atom. The second-order valence-corrected chi connectivity index (χ2v) is 4.70. The fourth-order valence-corrected chi connectivity index (χ4v) is 1.42. The second kappa shape index (κ2) is 3.17. The van der Waals surface area contributed by atoms with Gasteiger partial charge in [0.25, 0.3) is 0 Å². The van der Waals surface area contributed by atoms with Crippen molar-refractivity contribution in [1.82, 2.24) is 5.16 Å². The summed E-state index contributed by atoms with van der Waals surface area (Å²) in [5, 5.41) is 11.7. The van der Waals surface area contributed by atoms with E-state index in [-0.39, 0.29) is 17.2 Å². The van der Waals surface area contributed by atoms with Crippen molar-refractivity contribution in [2.75, 3.05) is 6.26 Å². The molecule has 1 aromatic heterocycles. The van der Waals surface area contributed by atoms with E-state index in [1.54, 1.807) is 0 Å². The minimum Gasteiger partial charge on any atom is -0.475 e. The van der Waals surface area contributed by atoms with Crippen LogP contribution in [0.2, 0.25) is 0 Å². The van der Waals surface area contributed by atoms with Crippen LogP contribution < -0.4 is 0 Å². The molecule has 0 unspecified atom stereocenters. The monoisotopic (exact) mass is 205 g/mol. The van der Waals surface area contributed by atoms with Crippen molar-refractivity contribution in [1.29, 1.82) is 0 Å². The lowest BCUT2D eigenvalue weighted by Gasteiger charge is -1.88. The number of aromatic carboxylic acids is 1. The molecule has 0 aliphatic heterocycles. The van der Waals surface area contributed by atoms with Crippen molar-refractivity contribution in [2.24, 2.45) is 0 Å². The lowest BCUT2D eigenvalue weighted by atomic mass is 10.4. The van der Waals surface area contributed by atoms with Crippen LogP contribution in [0.5, 0.6) is 0 Å². The van der Waals surface area contributed by atoms with Crippen LogP contribution in [0.3, 0.4) is 0 Å². The molecule has 0 saturated heterocycles. The summed E-state index contributed by atoms with van der Waals surface area (Å²) in [4.78, 5) is 10.3. The zero-order chi connectivity index (χ0) is 10.1. The van der Waals surface area contributed by atoms with Gasteiger partial charge in [0, 0.05) is 12.3 Å². The van der Waals surface area contributed by atoms with Crippen molar-refractivity contribution in [2.45, 2.75) is 5.75 Å². The molecule has 0 atom stereocenters. The van der Waals surface area contributed by atoms with E-state index < -0.39 is 15.8 Å². The van der Waals surface area contributed by atoms with Gasteiger partial charge in [-0.15, -0.1) is 0 Å². The third-order valence-electron chi connectivity index (χ3n) is 1.18. The maximum absolute atomic E-state index is 10.8. The van der Waals surface area contributed by atoms with E-state index in [4.69, 9.17) is 5.11 Å². The first-order valence-electron chi connectivity index (χ1n) is 3.25. The molecule has 0 aromatic carbocycles. The Morgan fingerprint density at radius 2 is 2.31 bits per heavy atom. The number of hydrogen-bond acceptors (Lipinski definition) is 5. The predicted octanol–water partition coefficient (Wildman–Crippen LogP) is -0.0826. The van der Waals surface area contributed by atoms with Gasteiger partial charge in [0.15, 0.2) is 9.84 Å². The fourth-order valence-electron chi connectivity index (χ4n) is 0.749. The Morgan fingerprint density at radius 3 is 2.69 bits per heavy atom. The van der Waals surface area contributed by atoms with Crippen LogP contribution in [-0.4, -0.2) is 30.9 Å². The number of nitrogens with zero attached hydrogens (tertiary/aromatic N) is 1. The highest BCUT2D eigenvalue weighted by Crippen LogP contribution is 2.06. The van der Waals surface area contributed by atoms with Gasteiger partial charge < -0.3 is 9.63 Å². The maximum Gasteiger partial charge on any atom is 0.374 e. The molecule has 6 nitrogen and oxygen atoms in total. The van der Waals surface area contributed by atoms with E-state index >= 15 is 0 Å². The molecule has 0 spiro atoms. The minimum absolute atomic E-state index is 0.0971. The van der Waals surface area contributed by atoms with Crippen LogP contribution in [0, 0.1) is 0 Å². The van der Waals surface area contributed by atoms with E-state index in [9.17, 15) is 13.2 Å². The van der Waals surface area contributed by atoms with Crippen molar-refractivity contribution < 1.29 is 22.8 Å². The standard InChI is InChI=1S/C6H7NO5S/c1-13(10,11)3-4-2-5(6(8)9)12-7-4/h2H,3H2,1H3,(H,8,9). The van der Waals surface area contributed by atoms with Gasteiger partial charge in [-0.1, -0.05) is 5.16 Å². The fraction of sp³-hybridized carbons (Fsp3) is 0.333. The first-order valence-corrected chi connectivity index (χ1v) is 5.31. The molecule has 0 radical (unpaired) electrons. The largest absolute Gasteiger partial charge is 0.475 e. The molecule has 1 N–H and O–H groups in total. The topological polar surface area (TPSA) is 97.5 Å². The SMILES string of the molecule is CS(=O)(=O)Cc1cc(C(=O)O)on1. The first-order chi connectivity index (χ1) is 5.88. The molecule has 1 rings (SSSR count). The molecule has 0 aliphatic carbocycles. The van der Waals surface area contributed by atoms with Crippen molar-refractivity contribution in [3.05, 3.63) is 17.5 Å². The predicted molar refractivity (Wildman–Crippen MR) is 42.0 cm³/mol. The van der Waals surface area contributed by atoms with Crippen LogP contribution in [0.25, 0.3) is 0 Å². The van der Waals surface area contributed by atoms with E-state index in [2.05, 4.69) is 9.68 Å². The highest BCUT2D eigenvalue weighted by molar-refractivity contribution is 7.89. The minimum atomic E-state index is -3.20. The summed E-state index contributed by atoms with van der Waals surface area (Å²) in [6.45, 7) is 0. The summed E-state index contributed by atoms with van der Waals surface area (Å²) in [5.74, 6) is -1.95. The molecule has 1 aromatic rings. The van der Waals surface area contributed by atoms with Gasteiger partial charge in [-0.3, -0.25) is 0 Å². The molecule has 7 heteroatoms. The molecule has 0 saturated carbocycles. The Balaban J connectivity index is 2.87. The van der Waals surface area contributed by atoms with Crippen LogP contribution in [0.15, 0.2) is 10.6 Å². The third-order valence-corrected chi connectivity index (χ3v) is 2.00.